The third kappa shape index (κ3) is 3.17. The lowest BCUT2D eigenvalue weighted by atomic mass is 9.65. The largest absolute Gasteiger partial charge is 0.351 e. The average molecular weight is 384 g/mol. The first-order valence-electron chi connectivity index (χ1n) is 10.5. The van der Waals surface area contributed by atoms with Gasteiger partial charge in [0.05, 0.1) is 0 Å². The van der Waals surface area contributed by atoms with Crippen LogP contribution in [0.2, 0.25) is 0 Å². The van der Waals surface area contributed by atoms with E-state index in [0.29, 0.717) is 18.4 Å². The molecule has 1 heterocycles. The molecule has 0 fully saturated rings. The second kappa shape index (κ2) is 7.51. The van der Waals surface area contributed by atoms with E-state index in [1.807, 2.05) is 12.1 Å². The van der Waals surface area contributed by atoms with Gasteiger partial charge in [0.25, 0.3) is 0 Å². The Bertz CT molecular complexity index is 962. The molecule has 4 rings (SSSR count). The van der Waals surface area contributed by atoms with Crippen LogP contribution in [0.5, 0.6) is 0 Å². The highest BCUT2D eigenvalue weighted by Gasteiger charge is 2.47. The first-order valence-corrected chi connectivity index (χ1v) is 10.5. The van der Waals surface area contributed by atoms with Gasteiger partial charge < -0.3 is 5.32 Å². The lowest BCUT2D eigenvalue weighted by Crippen LogP contribution is -2.50. The van der Waals surface area contributed by atoms with Crippen molar-refractivity contribution >= 4 is 5.91 Å². The lowest BCUT2D eigenvalue weighted by Gasteiger charge is -2.39. The van der Waals surface area contributed by atoms with Crippen LogP contribution in [0.1, 0.15) is 72.9 Å². The topological polar surface area (TPSA) is 29.1 Å². The molecule has 1 N–H and O–H groups in total. The van der Waals surface area contributed by atoms with Crippen LogP contribution >= 0.6 is 0 Å². The number of fused-ring (bicyclic) bond motifs is 1. The molecule has 1 aliphatic rings. The highest BCUT2D eigenvalue weighted by atomic mass is 16.2. The van der Waals surface area contributed by atoms with Crippen LogP contribution in [0.15, 0.2) is 72.8 Å². The highest BCUT2D eigenvalue weighted by molar-refractivity contribution is 5.97. The minimum atomic E-state index is -0.833. The van der Waals surface area contributed by atoms with Crippen molar-refractivity contribution in [2.45, 2.75) is 51.5 Å². The fourth-order valence-electron chi connectivity index (χ4n) is 4.45. The van der Waals surface area contributed by atoms with Crippen LogP contribution in [0.3, 0.4) is 0 Å². The van der Waals surface area contributed by atoms with E-state index < -0.39 is 5.41 Å². The van der Waals surface area contributed by atoms with Gasteiger partial charge in [0, 0.05) is 6.54 Å². The molecule has 148 valence electrons. The molecule has 2 heteroatoms. The molecular formula is C27H29NO. The zero-order valence-corrected chi connectivity index (χ0v) is 17.7. The normalized spacial score (nSPS) is 15.3. The van der Waals surface area contributed by atoms with E-state index in [9.17, 15) is 4.79 Å². The molecule has 1 amide bonds. The fourth-order valence-corrected chi connectivity index (χ4v) is 4.45. The van der Waals surface area contributed by atoms with Crippen LogP contribution in [0, 0.1) is 0 Å². The van der Waals surface area contributed by atoms with Gasteiger partial charge in [-0.25, -0.2) is 0 Å². The second-order valence-corrected chi connectivity index (χ2v) is 8.64. The predicted octanol–water partition coefficient (Wildman–Crippen LogP) is 5.90. The van der Waals surface area contributed by atoms with Crippen molar-refractivity contribution in [2.24, 2.45) is 0 Å². The summed E-state index contributed by atoms with van der Waals surface area (Å²) in [6.07, 6.45) is 0. The average Bonchev–Trinajstić information content (AvgIpc) is 2.74. The van der Waals surface area contributed by atoms with Gasteiger partial charge in [0.2, 0.25) is 5.91 Å². The van der Waals surface area contributed by atoms with Crippen LogP contribution < -0.4 is 5.32 Å². The minimum Gasteiger partial charge on any atom is -0.351 e. The first-order chi connectivity index (χ1) is 13.9. The summed E-state index contributed by atoms with van der Waals surface area (Å²) in [6, 6.07) is 25.5. The molecule has 29 heavy (non-hydrogen) atoms. The van der Waals surface area contributed by atoms with Gasteiger partial charge in [-0.15, -0.1) is 0 Å². The molecule has 3 aromatic rings. The standard InChI is InChI=1S/C27H29NO/c1-18(2)20-9-13-23(14-10-20)27(24-15-11-21(12-16-24)19(3)4)25-8-6-5-7-22(25)17-28-26(27)29/h5-16,18-19H,17H2,1-4H3,(H,28,29). The van der Waals surface area contributed by atoms with Gasteiger partial charge in [-0.2, -0.15) is 0 Å². The van der Waals surface area contributed by atoms with Gasteiger partial charge in [-0.05, 0) is 45.2 Å². The molecule has 1 aliphatic heterocycles. The van der Waals surface area contributed by atoms with Crippen LogP contribution in [-0.4, -0.2) is 5.91 Å². The molecule has 0 saturated heterocycles. The Morgan fingerprint density at radius 2 is 1.21 bits per heavy atom. The van der Waals surface area contributed by atoms with E-state index in [1.165, 1.54) is 16.7 Å². The number of amides is 1. The molecule has 0 radical (unpaired) electrons. The minimum absolute atomic E-state index is 0.0470. The maximum atomic E-state index is 13.6. The summed E-state index contributed by atoms with van der Waals surface area (Å²) in [6.45, 7) is 9.34. The predicted molar refractivity (Wildman–Crippen MR) is 119 cm³/mol. The Hall–Kier alpha value is -2.87. The summed E-state index contributed by atoms with van der Waals surface area (Å²) in [7, 11) is 0. The van der Waals surface area contributed by atoms with Crippen molar-refractivity contribution in [1.29, 1.82) is 0 Å². The van der Waals surface area contributed by atoms with Crippen LogP contribution in [0.4, 0.5) is 0 Å². The third-order valence-electron chi connectivity index (χ3n) is 6.22. The van der Waals surface area contributed by atoms with Crippen molar-refractivity contribution in [1.82, 2.24) is 5.32 Å². The molecule has 0 saturated carbocycles. The summed E-state index contributed by atoms with van der Waals surface area (Å²) < 4.78 is 0. The van der Waals surface area contributed by atoms with Crippen molar-refractivity contribution < 1.29 is 4.79 Å². The van der Waals surface area contributed by atoms with E-state index in [0.717, 1.165) is 16.7 Å². The second-order valence-electron chi connectivity index (χ2n) is 8.64. The Balaban J connectivity index is 1.98. The quantitative estimate of drug-likeness (QED) is 0.597. The van der Waals surface area contributed by atoms with Crippen LogP contribution in [-0.2, 0) is 16.8 Å². The lowest BCUT2D eigenvalue weighted by molar-refractivity contribution is -0.124. The number of rotatable bonds is 4. The van der Waals surface area contributed by atoms with Gasteiger partial charge >= 0.3 is 0 Å². The Kier molecular flexibility index (Phi) is 5.04. The molecule has 3 aromatic carbocycles. The number of hydrogen-bond donors (Lipinski definition) is 1. The summed E-state index contributed by atoms with van der Waals surface area (Å²) in [5, 5.41) is 3.16. The van der Waals surface area contributed by atoms with Gasteiger partial charge in [0.15, 0.2) is 0 Å². The van der Waals surface area contributed by atoms with Crippen molar-refractivity contribution in [3.8, 4) is 0 Å². The number of carbonyl (C=O) groups excluding carboxylic acids is 1. The smallest absolute Gasteiger partial charge is 0.239 e. The van der Waals surface area contributed by atoms with Crippen LogP contribution in [0.25, 0.3) is 0 Å². The SMILES string of the molecule is CC(C)c1ccc(C2(c3ccc(C(C)C)cc3)C(=O)NCc3ccccc32)cc1. The van der Waals surface area contributed by atoms with E-state index in [-0.39, 0.29) is 5.91 Å². The van der Waals surface area contributed by atoms with Crippen molar-refractivity contribution in [3.63, 3.8) is 0 Å². The number of nitrogens with one attached hydrogen (secondary N) is 1. The zero-order valence-electron chi connectivity index (χ0n) is 17.7. The summed E-state index contributed by atoms with van der Waals surface area (Å²) >= 11 is 0. The van der Waals surface area contributed by atoms with E-state index in [1.54, 1.807) is 0 Å². The molecule has 0 bridgehead atoms. The molecule has 0 aliphatic carbocycles. The number of carbonyl (C=O) groups is 1. The maximum Gasteiger partial charge on any atom is 0.239 e. The van der Waals surface area contributed by atoms with Gasteiger partial charge in [-0.1, -0.05) is 100 Å². The monoisotopic (exact) mass is 383 g/mol. The number of hydrogen-bond acceptors (Lipinski definition) is 1. The molecule has 0 aromatic heterocycles. The highest BCUT2D eigenvalue weighted by Crippen LogP contribution is 2.43. The Labute approximate surface area is 174 Å². The first kappa shape index (κ1) is 19.4. The maximum absolute atomic E-state index is 13.6. The third-order valence-corrected chi connectivity index (χ3v) is 6.22. The summed E-state index contributed by atoms with van der Waals surface area (Å²) in [5.74, 6) is 0.960. The van der Waals surface area contributed by atoms with Crippen molar-refractivity contribution in [2.75, 3.05) is 0 Å². The molecule has 2 nitrogen and oxygen atoms in total. The molecule has 0 atom stereocenters. The van der Waals surface area contributed by atoms with E-state index in [4.69, 9.17) is 0 Å². The van der Waals surface area contributed by atoms with E-state index >= 15 is 0 Å². The molecule has 0 unspecified atom stereocenters. The van der Waals surface area contributed by atoms with Gasteiger partial charge in [0.1, 0.15) is 5.41 Å². The number of benzene rings is 3. The van der Waals surface area contributed by atoms with Crippen molar-refractivity contribution in [3.05, 3.63) is 106 Å². The molecular weight excluding hydrogens is 354 g/mol. The zero-order chi connectivity index (χ0) is 20.6. The van der Waals surface area contributed by atoms with E-state index in [2.05, 4.69) is 93.7 Å². The summed E-state index contributed by atoms with van der Waals surface area (Å²) in [5.41, 5.74) is 6.02. The van der Waals surface area contributed by atoms with Gasteiger partial charge in [-0.3, -0.25) is 4.79 Å². The Morgan fingerprint density at radius 1 is 0.724 bits per heavy atom. The Morgan fingerprint density at radius 3 is 1.69 bits per heavy atom. The summed E-state index contributed by atoms with van der Waals surface area (Å²) in [4.78, 5) is 13.6. The molecule has 0 spiro atoms. The fraction of sp³-hybridized carbons (Fsp3) is 0.296.